The third kappa shape index (κ3) is 3.63. The number of halogens is 3. The molecule has 0 saturated carbocycles. The minimum atomic E-state index is -4.19. The highest BCUT2D eigenvalue weighted by Crippen LogP contribution is 2.19. The molecule has 0 heterocycles. The van der Waals surface area contributed by atoms with E-state index in [1.165, 1.54) is 0 Å². The van der Waals surface area contributed by atoms with Crippen LogP contribution in [0.4, 0.5) is 13.2 Å². The second kappa shape index (κ2) is 5.06. The van der Waals surface area contributed by atoms with E-state index in [2.05, 4.69) is 4.74 Å². The Hall–Kier alpha value is -0.780. The van der Waals surface area contributed by atoms with Crippen LogP contribution in [0.1, 0.15) is 19.8 Å². The predicted molar refractivity (Wildman–Crippen MR) is 37.9 cm³/mol. The van der Waals surface area contributed by atoms with Crippen LogP contribution >= 0.6 is 0 Å². The van der Waals surface area contributed by atoms with Gasteiger partial charge in [-0.2, -0.15) is 4.39 Å². The van der Waals surface area contributed by atoms with Crippen molar-refractivity contribution in [1.29, 1.82) is 0 Å². The van der Waals surface area contributed by atoms with Gasteiger partial charge < -0.3 is 9.84 Å². The molecule has 0 saturated heterocycles. The summed E-state index contributed by atoms with van der Waals surface area (Å²) in [5.41, 5.74) is 0. The largest absolute Gasteiger partial charge is 0.461 e. The molecule has 6 heteroatoms. The first-order chi connectivity index (χ1) is 5.92. The number of hydrogen-bond donors (Lipinski definition) is 1. The smallest absolute Gasteiger partial charge is 0.378 e. The van der Waals surface area contributed by atoms with E-state index in [9.17, 15) is 18.0 Å². The Bertz CT molecular complexity index is 170. The Labute approximate surface area is 73.5 Å². The monoisotopic (exact) mass is 200 g/mol. The van der Waals surface area contributed by atoms with Gasteiger partial charge in [0, 0.05) is 0 Å². The number of alkyl halides is 3. The zero-order chi connectivity index (χ0) is 10.5. The number of unbranched alkanes of at least 4 members (excludes halogenated alkanes) is 1. The van der Waals surface area contributed by atoms with Crippen LogP contribution in [0, 0.1) is 0 Å². The second-order valence-corrected chi connectivity index (χ2v) is 2.46. The van der Waals surface area contributed by atoms with Crippen molar-refractivity contribution in [2.45, 2.75) is 32.0 Å². The molecular formula is C7H11F3O3. The number of carbonyl (C=O) groups excluding carboxylic acids is 1. The van der Waals surface area contributed by atoms with Gasteiger partial charge in [-0.3, -0.25) is 0 Å². The van der Waals surface area contributed by atoms with E-state index >= 15 is 0 Å². The van der Waals surface area contributed by atoms with E-state index in [-0.39, 0.29) is 6.61 Å². The van der Waals surface area contributed by atoms with Crippen LogP contribution in [-0.4, -0.2) is 30.0 Å². The van der Waals surface area contributed by atoms with Gasteiger partial charge in [0.1, 0.15) is 0 Å². The highest BCUT2D eigenvalue weighted by molar-refractivity contribution is 5.77. The van der Waals surface area contributed by atoms with Crippen molar-refractivity contribution in [1.82, 2.24) is 0 Å². The summed E-state index contributed by atoms with van der Waals surface area (Å²) >= 11 is 0. The van der Waals surface area contributed by atoms with Gasteiger partial charge in [-0.1, -0.05) is 13.3 Å². The van der Waals surface area contributed by atoms with Gasteiger partial charge in [-0.25, -0.2) is 13.6 Å². The maximum atomic E-state index is 12.4. The van der Waals surface area contributed by atoms with Crippen LogP contribution in [0.5, 0.6) is 0 Å². The van der Waals surface area contributed by atoms with Crippen LogP contribution in [0.2, 0.25) is 0 Å². The molecule has 0 aliphatic heterocycles. The Morgan fingerprint density at radius 1 is 1.62 bits per heavy atom. The number of esters is 1. The van der Waals surface area contributed by atoms with Crippen molar-refractivity contribution in [2.75, 3.05) is 6.61 Å². The molecule has 0 amide bonds. The molecule has 0 aliphatic carbocycles. The number of aliphatic hydroxyl groups is 1. The average molecular weight is 200 g/mol. The van der Waals surface area contributed by atoms with E-state index in [0.29, 0.717) is 12.8 Å². The van der Waals surface area contributed by atoms with Crippen molar-refractivity contribution in [3.63, 3.8) is 0 Å². The minimum Gasteiger partial charge on any atom is -0.461 e. The van der Waals surface area contributed by atoms with Crippen molar-refractivity contribution in [3.8, 4) is 0 Å². The van der Waals surface area contributed by atoms with Gasteiger partial charge >= 0.3 is 18.2 Å². The van der Waals surface area contributed by atoms with Crippen molar-refractivity contribution >= 4 is 5.97 Å². The lowest BCUT2D eigenvalue weighted by molar-refractivity contribution is -0.218. The summed E-state index contributed by atoms with van der Waals surface area (Å²) in [6.07, 6.45) is -2.68. The van der Waals surface area contributed by atoms with E-state index in [1.807, 2.05) is 0 Å². The lowest BCUT2D eigenvalue weighted by atomic mass is 10.3. The van der Waals surface area contributed by atoms with Crippen LogP contribution in [0.3, 0.4) is 0 Å². The summed E-state index contributed by atoms with van der Waals surface area (Å²) in [7, 11) is 0. The van der Waals surface area contributed by atoms with Crippen molar-refractivity contribution in [2.24, 2.45) is 0 Å². The summed E-state index contributed by atoms with van der Waals surface area (Å²) in [4.78, 5) is 10.5. The molecule has 0 radical (unpaired) electrons. The van der Waals surface area contributed by atoms with Gasteiger partial charge in [-0.05, 0) is 6.42 Å². The Morgan fingerprint density at radius 2 is 2.15 bits per heavy atom. The molecule has 1 N–H and O–H groups in total. The molecule has 0 fully saturated rings. The van der Waals surface area contributed by atoms with Crippen LogP contribution in [-0.2, 0) is 9.53 Å². The van der Waals surface area contributed by atoms with Crippen LogP contribution < -0.4 is 0 Å². The summed E-state index contributed by atoms with van der Waals surface area (Å²) in [5.74, 6) is -6.12. The summed E-state index contributed by atoms with van der Waals surface area (Å²) in [5, 5.41) is 8.27. The Balaban J connectivity index is 3.95. The number of ether oxygens (including phenoxy) is 1. The molecular weight excluding hydrogens is 189 g/mol. The molecule has 0 rings (SSSR count). The Kier molecular flexibility index (Phi) is 4.76. The molecule has 3 nitrogen and oxygen atoms in total. The maximum Gasteiger partial charge on any atom is 0.378 e. The fourth-order valence-electron chi connectivity index (χ4n) is 0.500. The highest BCUT2D eigenvalue weighted by Gasteiger charge is 2.48. The summed E-state index contributed by atoms with van der Waals surface area (Å²) in [6, 6.07) is 0. The summed E-state index contributed by atoms with van der Waals surface area (Å²) < 4.78 is 39.7. The highest BCUT2D eigenvalue weighted by atomic mass is 19.3. The van der Waals surface area contributed by atoms with Gasteiger partial charge in [0.05, 0.1) is 6.61 Å². The number of hydrogen-bond acceptors (Lipinski definition) is 3. The van der Waals surface area contributed by atoms with E-state index in [1.54, 1.807) is 6.92 Å². The van der Waals surface area contributed by atoms with Crippen molar-refractivity contribution < 1.29 is 27.8 Å². The first kappa shape index (κ1) is 12.2. The Morgan fingerprint density at radius 3 is 2.54 bits per heavy atom. The fourth-order valence-corrected chi connectivity index (χ4v) is 0.500. The zero-order valence-corrected chi connectivity index (χ0v) is 7.10. The van der Waals surface area contributed by atoms with Gasteiger partial charge in [-0.15, -0.1) is 0 Å². The van der Waals surface area contributed by atoms with E-state index < -0.39 is 18.2 Å². The molecule has 1 unspecified atom stereocenters. The second-order valence-electron chi connectivity index (χ2n) is 2.46. The molecule has 78 valence electrons. The van der Waals surface area contributed by atoms with Crippen LogP contribution in [0.25, 0.3) is 0 Å². The predicted octanol–water partition coefficient (Wildman–Crippen LogP) is 1.25. The average Bonchev–Trinajstić information content (AvgIpc) is 2.04. The molecule has 1 atom stereocenters. The fraction of sp³-hybridized carbons (Fsp3) is 0.857. The normalized spacial score (nSPS) is 15.5. The van der Waals surface area contributed by atoms with Crippen LogP contribution in [0.15, 0.2) is 0 Å². The minimum absolute atomic E-state index is 0.172. The van der Waals surface area contributed by atoms with Gasteiger partial charge in [0.25, 0.3) is 0 Å². The molecule has 0 spiro atoms. The molecule has 0 aromatic heterocycles. The topological polar surface area (TPSA) is 46.5 Å². The lowest BCUT2D eigenvalue weighted by Gasteiger charge is -2.15. The molecule has 0 aromatic carbocycles. The lowest BCUT2D eigenvalue weighted by Crippen LogP contribution is -2.42. The van der Waals surface area contributed by atoms with E-state index in [0.717, 1.165) is 0 Å². The first-order valence-corrected chi connectivity index (χ1v) is 3.79. The quantitative estimate of drug-likeness (QED) is 0.536. The molecule has 13 heavy (non-hydrogen) atoms. The molecule has 0 aromatic rings. The SMILES string of the molecule is CCCCOC(=O)C(O)(F)C(F)F. The summed E-state index contributed by atoms with van der Waals surface area (Å²) in [6.45, 7) is 1.61. The third-order valence-electron chi connectivity index (χ3n) is 1.31. The number of rotatable bonds is 5. The van der Waals surface area contributed by atoms with Crippen molar-refractivity contribution in [3.05, 3.63) is 0 Å². The van der Waals surface area contributed by atoms with E-state index in [4.69, 9.17) is 5.11 Å². The first-order valence-electron chi connectivity index (χ1n) is 3.79. The molecule has 0 bridgehead atoms. The van der Waals surface area contributed by atoms with Gasteiger partial charge in [0.15, 0.2) is 0 Å². The molecule has 0 aliphatic rings. The van der Waals surface area contributed by atoms with Gasteiger partial charge in [0.2, 0.25) is 0 Å². The third-order valence-corrected chi connectivity index (χ3v) is 1.31. The standard InChI is InChI=1S/C7H11F3O3/c1-2-3-4-13-6(11)7(10,12)5(8)9/h5,12H,2-4H2,1H3. The zero-order valence-electron chi connectivity index (χ0n) is 7.10. The number of carbonyl (C=O) groups is 1. The maximum absolute atomic E-state index is 12.4.